The molecule has 1 atom stereocenters. The molecular weight excluding hydrogens is 379 g/mol. The minimum atomic E-state index is -4.46. The van der Waals surface area contributed by atoms with Crippen LogP contribution in [0.4, 0.5) is 13.2 Å². The normalized spacial score (nSPS) is 13.7. The third kappa shape index (κ3) is 9.17. The minimum Gasteiger partial charge on any atom is -0.493 e. The molecule has 0 amide bonds. The Bertz CT molecular complexity index is 534. The monoisotopic (exact) mass is 411 g/mol. The van der Waals surface area contributed by atoms with Gasteiger partial charge in [0.05, 0.1) is 18.8 Å². The Morgan fingerprint density at radius 2 is 1.74 bits per heavy atom. The van der Waals surface area contributed by atoms with Crippen molar-refractivity contribution in [1.29, 1.82) is 0 Å². The highest BCUT2D eigenvalue weighted by Gasteiger charge is 2.34. The van der Waals surface area contributed by atoms with E-state index in [0.717, 1.165) is 38.2 Å². The van der Waals surface area contributed by atoms with Crippen LogP contribution >= 0.6 is 12.4 Å². The first kappa shape index (κ1) is 26.0. The van der Waals surface area contributed by atoms with Gasteiger partial charge in [-0.2, -0.15) is 13.2 Å². The van der Waals surface area contributed by atoms with E-state index in [1.54, 1.807) is 6.07 Å². The zero-order chi connectivity index (χ0) is 19.6. The maximum absolute atomic E-state index is 13.4. The number of aliphatic hydroxyl groups excluding tert-OH is 1. The standard InChI is InChI=1S/C20H32F3NO2.ClH/c1-3-5-6-7-8-13-26-18-10-9-16(14-17(18)20(21,22)23)11-12-19(24,4-2)15-25;/h9-10,14,25H,3-8,11-13,15,24H2,1-2H3;1H. The molecule has 0 aromatic heterocycles. The summed E-state index contributed by atoms with van der Waals surface area (Å²) in [6, 6.07) is 4.18. The molecule has 3 nitrogen and oxygen atoms in total. The van der Waals surface area contributed by atoms with Gasteiger partial charge >= 0.3 is 6.18 Å². The molecule has 0 saturated carbocycles. The van der Waals surface area contributed by atoms with Gasteiger partial charge in [0.25, 0.3) is 0 Å². The van der Waals surface area contributed by atoms with Crippen molar-refractivity contribution in [1.82, 2.24) is 0 Å². The van der Waals surface area contributed by atoms with E-state index in [1.165, 1.54) is 6.07 Å². The van der Waals surface area contributed by atoms with Crippen LogP contribution in [0, 0.1) is 0 Å². The summed E-state index contributed by atoms with van der Waals surface area (Å²) in [5.74, 6) is -0.117. The SMILES string of the molecule is CCCCCCCOc1ccc(CCC(N)(CC)CO)cc1C(F)(F)F.Cl. The molecule has 0 saturated heterocycles. The largest absolute Gasteiger partial charge is 0.493 e. The Morgan fingerprint density at radius 1 is 1.07 bits per heavy atom. The van der Waals surface area contributed by atoms with Crippen molar-refractivity contribution in [3.8, 4) is 5.75 Å². The molecule has 1 unspecified atom stereocenters. The molecule has 1 aromatic rings. The topological polar surface area (TPSA) is 55.5 Å². The van der Waals surface area contributed by atoms with Gasteiger partial charge in [0.1, 0.15) is 5.75 Å². The maximum atomic E-state index is 13.4. The van der Waals surface area contributed by atoms with Crippen molar-refractivity contribution in [3.05, 3.63) is 29.3 Å². The third-order valence-electron chi connectivity index (χ3n) is 4.79. The average Bonchev–Trinajstić information content (AvgIpc) is 2.62. The Hall–Kier alpha value is -0.980. The lowest BCUT2D eigenvalue weighted by Gasteiger charge is -2.25. The Kier molecular flexibility index (Phi) is 12.0. The van der Waals surface area contributed by atoms with Gasteiger partial charge < -0.3 is 15.6 Å². The van der Waals surface area contributed by atoms with Crippen LogP contribution in [0.5, 0.6) is 5.75 Å². The van der Waals surface area contributed by atoms with Crippen LogP contribution in [-0.4, -0.2) is 23.9 Å². The quantitative estimate of drug-likeness (QED) is 0.446. The lowest BCUT2D eigenvalue weighted by Crippen LogP contribution is -2.43. The summed E-state index contributed by atoms with van der Waals surface area (Å²) in [7, 11) is 0. The second-order valence-electron chi connectivity index (χ2n) is 6.96. The van der Waals surface area contributed by atoms with E-state index in [4.69, 9.17) is 10.5 Å². The number of halogens is 4. The van der Waals surface area contributed by atoms with E-state index in [1.807, 2.05) is 6.92 Å². The van der Waals surface area contributed by atoms with Crippen LogP contribution in [0.15, 0.2) is 18.2 Å². The van der Waals surface area contributed by atoms with Gasteiger partial charge in [0, 0.05) is 5.54 Å². The zero-order valence-electron chi connectivity index (χ0n) is 16.3. The lowest BCUT2D eigenvalue weighted by molar-refractivity contribution is -0.139. The molecule has 0 aliphatic heterocycles. The van der Waals surface area contributed by atoms with Crippen molar-refractivity contribution in [3.63, 3.8) is 0 Å². The zero-order valence-corrected chi connectivity index (χ0v) is 17.1. The first-order valence-electron chi connectivity index (χ1n) is 9.48. The van der Waals surface area contributed by atoms with Crippen LogP contribution in [0.1, 0.15) is 69.9 Å². The number of hydrogen-bond acceptors (Lipinski definition) is 3. The number of unbranched alkanes of at least 4 members (excludes halogenated alkanes) is 4. The highest BCUT2D eigenvalue weighted by molar-refractivity contribution is 5.85. The van der Waals surface area contributed by atoms with Crippen molar-refractivity contribution in [2.24, 2.45) is 5.73 Å². The second kappa shape index (κ2) is 12.5. The summed E-state index contributed by atoms with van der Waals surface area (Å²) in [5.41, 5.74) is 5.06. The molecule has 0 bridgehead atoms. The molecule has 0 fully saturated rings. The van der Waals surface area contributed by atoms with Gasteiger partial charge in [-0.15, -0.1) is 12.4 Å². The molecule has 0 heterocycles. The van der Waals surface area contributed by atoms with Crippen molar-refractivity contribution in [2.75, 3.05) is 13.2 Å². The van der Waals surface area contributed by atoms with Crippen LogP contribution in [-0.2, 0) is 12.6 Å². The summed E-state index contributed by atoms with van der Waals surface area (Å²) in [6.07, 6.45) is 1.96. The summed E-state index contributed by atoms with van der Waals surface area (Å²) >= 11 is 0. The molecule has 158 valence electrons. The van der Waals surface area contributed by atoms with E-state index in [0.29, 0.717) is 31.4 Å². The fourth-order valence-corrected chi connectivity index (χ4v) is 2.73. The number of nitrogens with two attached hydrogens (primary N) is 1. The molecule has 27 heavy (non-hydrogen) atoms. The number of benzene rings is 1. The van der Waals surface area contributed by atoms with Crippen molar-refractivity contribution >= 4 is 12.4 Å². The second-order valence-corrected chi connectivity index (χ2v) is 6.96. The summed E-state index contributed by atoms with van der Waals surface area (Å²) < 4.78 is 45.5. The van der Waals surface area contributed by atoms with Gasteiger partial charge in [-0.3, -0.25) is 0 Å². The predicted octanol–water partition coefficient (Wildman–Crippen LogP) is 5.51. The number of aryl methyl sites for hydroxylation is 1. The van der Waals surface area contributed by atoms with Gasteiger partial charge in [-0.1, -0.05) is 45.6 Å². The van der Waals surface area contributed by atoms with E-state index in [-0.39, 0.29) is 24.8 Å². The Morgan fingerprint density at radius 3 is 2.30 bits per heavy atom. The molecule has 1 aromatic carbocycles. The number of rotatable bonds is 12. The third-order valence-corrected chi connectivity index (χ3v) is 4.79. The molecule has 0 aliphatic carbocycles. The van der Waals surface area contributed by atoms with E-state index < -0.39 is 17.3 Å². The predicted molar refractivity (Wildman–Crippen MR) is 106 cm³/mol. The molecule has 1 rings (SSSR count). The molecule has 3 N–H and O–H groups in total. The van der Waals surface area contributed by atoms with Crippen molar-refractivity contribution in [2.45, 2.75) is 76.9 Å². The smallest absolute Gasteiger partial charge is 0.419 e. The highest BCUT2D eigenvalue weighted by atomic mass is 35.5. The van der Waals surface area contributed by atoms with Crippen LogP contribution in [0.3, 0.4) is 0 Å². The molecular formula is C20H33ClF3NO2. The minimum absolute atomic E-state index is 0. The van der Waals surface area contributed by atoms with Gasteiger partial charge in [0.2, 0.25) is 0 Å². The number of aliphatic hydroxyl groups is 1. The van der Waals surface area contributed by atoms with E-state index >= 15 is 0 Å². The summed E-state index contributed by atoms with van der Waals surface area (Å²) in [4.78, 5) is 0. The van der Waals surface area contributed by atoms with Gasteiger partial charge in [-0.05, 0) is 43.4 Å². The van der Waals surface area contributed by atoms with Gasteiger partial charge in [0.15, 0.2) is 0 Å². The molecule has 0 radical (unpaired) electrons. The Labute approximate surface area is 166 Å². The number of alkyl halides is 3. The number of ether oxygens (including phenoxy) is 1. The van der Waals surface area contributed by atoms with Crippen LogP contribution < -0.4 is 10.5 Å². The lowest BCUT2D eigenvalue weighted by atomic mass is 9.90. The summed E-state index contributed by atoms with van der Waals surface area (Å²) in [6.45, 7) is 4.07. The van der Waals surface area contributed by atoms with E-state index in [2.05, 4.69) is 6.92 Å². The highest BCUT2D eigenvalue weighted by Crippen LogP contribution is 2.37. The van der Waals surface area contributed by atoms with E-state index in [9.17, 15) is 18.3 Å². The first-order valence-corrected chi connectivity index (χ1v) is 9.48. The fraction of sp³-hybridized carbons (Fsp3) is 0.700. The van der Waals surface area contributed by atoms with Gasteiger partial charge in [-0.25, -0.2) is 0 Å². The average molecular weight is 412 g/mol. The first-order chi connectivity index (χ1) is 12.3. The molecule has 7 heteroatoms. The molecule has 0 spiro atoms. The van der Waals surface area contributed by atoms with Crippen LogP contribution in [0.2, 0.25) is 0 Å². The molecule has 0 aliphatic rings. The Balaban J connectivity index is 0.00000676. The van der Waals surface area contributed by atoms with Crippen molar-refractivity contribution < 1.29 is 23.0 Å². The maximum Gasteiger partial charge on any atom is 0.419 e. The fourth-order valence-electron chi connectivity index (χ4n) is 2.73. The van der Waals surface area contributed by atoms with Crippen LogP contribution in [0.25, 0.3) is 0 Å². The number of hydrogen-bond donors (Lipinski definition) is 2. The summed E-state index contributed by atoms with van der Waals surface area (Å²) in [5, 5.41) is 9.34.